The fraction of sp³-hybridized carbons (Fsp3) is 0.0465. The molecule has 2 aliphatic heterocycles. The van der Waals surface area contributed by atoms with Crippen molar-refractivity contribution in [2.75, 3.05) is 0 Å². The molecule has 0 unspecified atom stereocenters. The number of benzene rings is 6. The minimum atomic E-state index is 0.145. The molecule has 47 heavy (non-hydrogen) atoms. The van der Waals surface area contributed by atoms with Gasteiger partial charge in [-0.1, -0.05) is 84.9 Å². The molecule has 11 rings (SSSR count). The second-order valence-corrected chi connectivity index (χ2v) is 13.3. The normalized spacial score (nSPS) is 12.9. The number of para-hydroxylation sites is 4. The molecule has 0 atom stereocenters. The van der Waals surface area contributed by atoms with E-state index in [2.05, 4.69) is 167 Å². The van der Waals surface area contributed by atoms with Crippen molar-refractivity contribution in [1.29, 1.82) is 0 Å². The summed E-state index contributed by atoms with van der Waals surface area (Å²) in [6.07, 6.45) is 2.13. The van der Waals surface area contributed by atoms with Crippen LogP contribution in [0.4, 0.5) is 0 Å². The molecule has 0 aliphatic carbocycles. The zero-order valence-corrected chi connectivity index (χ0v) is 26.2. The Bertz CT molecular complexity index is 2690. The topological polar surface area (TPSA) is 13.7 Å². The van der Waals surface area contributed by atoms with Gasteiger partial charge < -0.3 is 9.13 Å². The summed E-state index contributed by atoms with van der Waals surface area (Å²) >= 11 is 0. The predicted octanol–water partition coefficient (Wildman–Crippen LogP) is 7.49. The smallest absolute Gasteiger partial charge is 0.252 e. The summed E-state index contributed by atoms with van der Waals surface area (Å²) in [4.78, 5) is 0. The SMILES string of the molecule is Cc1ccc(-c2cc3c4c(c2)-n2c5ccccc5c5cccc(c52)B4c2cccc4c5ccccc5n-3c24)cc1-c1cccc[n+]1C. The lowest BCUT2D eigenvalue weighted by Gasteiger charge is -2.34. The van der Waals surface area contributed by atoms with Crippen molar-refractivity contribution in [3.63, 3.8) is 0 Å². The number of hydrogen-bond acceptors (Lipinski definition) is 0. The molecule has 0 fully saturated rings. The molecule has 0 bridgehead atoms. The van der Waals surface area contributed by atoms with E-state index in [9.17, 15) is 0 Å². The minimum absolute atomic E-state index is 0.145. The van der Waals surface area contributed by atoms with Gasteiger partial charge in [-0.15, -0.1) is 0 Å². The second kappa shape index (κ2) is 8.89. The van der Waals surface area contributed by atoms with Gasteiger partial charge in [0.2, 0.25) is 5.69 Å². The Morgan fingerprint density at radius 2 is 1.11 bits per heavy atom. The number of fused-ring (bicyclic) bond motifs is 10. The molecule has 0 amide bonds. The molecule has 9 aromatic rings. The average Bonchev–Trinajstić information content (AvgIpc) is 3.63. The number of nitrogens with zero attached hydrogens (tertiary/aromatic N) is 3. The highest BCUT2D eigenvalue weighted by Crippen LogP contribution is 2.41. The van der Waals surface area contributed by atoms with Crippen molar-refractivity contribution in [2.45, 2.75) is 6.92 Å². The number of aromatic nitrogens is 3. The summed E-state index contributed by atoms with van der Waals surface area (Å²) in [7, 11) is 2.13. The maximum atomic E-state index is 2.56. The molecule has 3 aromatic heterocycles. The zero-order valence-electron chi connectivity index (χ0n) is 26.2. The summed E-state index contributed by atoms with van der Waals surface area (Å²) < 4.78 is 7.33. The molecule has 0 spiro atoms. The largest absolute Gasteiger partial charge is 0.310 e. The van der Waals surface area contributed by atoms with E-state index in [1.165, 1.54) is 99.3 Å². The van der Waals surface area contributed by atoms with Gasteiger partial charge in [-0.05, 0) is 76.4 Å². The van der Waals surface area contributed by atoms with Crippen molar-refractivity contribution in [3.8, 4) is 33.8 Å². The zero-order chi connectivity index (χ0) is 31.0. The maximum absolute atomic E-state index is 2.56. The molecule has 5 heterocycles. The van der Waals surface area contributed by atoms with E-state index in [4.69, 9.17) is 0 Å². The minimum Gasteiger partial charge on any atom is -0.310 e. The summed E-state index contributed by atoms with van der Waals surface area (Å²) in [5.41, 5.74) is 18.1. The van der Waals surface area contributed by atoms with E-state index < -0.39 is 0 Å². The molecule has 218 valence electrons. The summed E-state index contributed by atoms with van der Waals surface area (Å²) in [6, 6.07) is 50.0. The molecule has 0 saturated heterocycles. The Balaban J connectivity index is 1.32. The van der Waals surface area contributed by atoms with Gasteiger partial charge in [-0.3, -0.25) is 0 Å². The Morgan fingerprint density at radius 3 is 1.72 bits per heavy atom. The summed E-state index contributed by atoms with van der Waals surface area (Å²) in [5, 5.41) is 5.26. The maximum Gasteiger partial charge on any atom is 0.252 e. The van der Waals surface area contributed by atoms with Gasteiger partial charge >= 0.3 is 0 Å². The highest BCUT2D eigenvalue weighted by atomic mass is 15.0. The van der Waals surface area contributed by atoms with Crippen LogP contribution in [-0.2, 0) is 7.05 Å². The standard InChI is InChI=1S/C43H29BN3/c1-26-20-21-27(23-33(26)36-17-7-8-22-45(36)2)28-24-39-41-40(25-28)47-38-19-6-4-12-30(38)32-14-10-16-35(43(32)47)44(41)34-15-9-13-31-29-11-3-5-18-37(29)46(39)42(31)34/h3-25H,1-2H3/q+1. The van der Waals surface area contributed by atoms with Crippen LogP contribution in [0.15, 0.2) is 140 Å². The van der Waals surface area contributed by atoms with Gasteiger partial charge in [-0.25, -0.2) is 4.57 Å². The lowest BCUT2D eigenvalue weighted by atomic mass is 9.34. The van der Waals surface area contributed by atoms with E-state index in [0.717, 1.165) is 0 Å². The first-order valence-corrected chi connectivity index (χ1v) is 16.5. The van der Waals surface area contributed by atoms with Crippen LogP contribution in [0.3, 0.4) is 0 Å². The highest BCUT2D eigenvalue weighted by Gasteiger charge is 2.40. The molecule has 6 aromatic carbocycles. The van der Waals surface area contributed by atoms with Crippen LogP contribution in [-0.4, -0.2) is 15.8 Å². The van der Waals surface area contributed by atoms with Crippen LogP contribution < -0.4 is 21.0 Å². The van der Waals surface area contributed by atoms with Crippen molar-refractivity contribution >= 4 is 66.7 Å². The van der Waals surface area contributed by atoms with E-state index in [1.54, 1.807) is 0 Å². The van der Waals surface area contributed by atoms with Gasteiger partial charge in [0.05, 0.1) is 11.0 Å². The summed E-state index contributed by atoms with van der Waals surface area (Å²) in [6.45, 7) is 2.36. The summed E-state index contributed by atoms with van der Waals surface area (Å²) in [5.74, 6) is 0. The number of rotatable bonds is 2. The number of aryl methyl sites for hydroxylation is 2. The quantitative estimate of drug-likeness (QED) is 0.145. The first-order valence-electron chi connectivity index (χ1n) is 16.5. The Morgan fingerprint density at radius 1 is 0.532 bits per heavy atom. The molecule has 4 heteroatoms. The molecule has 2 aliphatic rings. The highest BCUT2D eigenvalue weighted by molar-refractivity contribution is 7.00. The first kappa shape index (κ1) is 25.3. The van der Waals surface area contributed by atoms with Gasteiger partial charge in [0.15, 0.2) is 6.20 Å². The fourth-order valence-electron chi connectivity index (χ4n) is 8.87. The van der Waals surface area contributed by atoms with Crippen molar-refractivity contribution in [2.24, 2.45) is 7.05 Å². The Hall–Kier alpha value is -5.87. The molecular formula is C43H29BN3+. The van der Waals surface area contributed by atoms with Gasteiger partial charge in [-0.2, -0.15) is 0 Å². The lowest BCUT2D eigenvalue weighted by Crippen LogP contribution is -2.59. The Kier molecular flexibility index (Phi) is 4.80. The molecule has 0 N–H and O–H groups in total. The van der Waals surface area contributed by atoms with Crippen molar-refractivity contribution in [3.05, 3.63) is 145 Å². The first-order chi connectivity index (χ1) is 23.2. The molecule has 0 saturated carbocycles. The van der Waals surface area contributed by atoms with E-state index in [-0.39, 0.29) is 6.71 Å². The van der Waals surface area contributed by atoms with Crippen LogP contribution in [0.25, 0.3) is 77.4 Å². The van der Waals surface area contributed by atoms with Crippen LogP contribution in [0.1, 0.15) is 5.56 Å². The van der Waals surface area contributed by atoms with Crippen LogP contribution in [0.2, 0.25) is 0 Å². The van der Waals surface area contributed by atoms with Crippen LogP contribution in [0.5, 0.6) is 0 Å². The molecular weight excluding hydrogens is 569 g/mol. The monoisotopic (exact) mass is 598 g/mol. The predicted molar refractivity (Wildman–Crippen MR) is 197 cm³/mol. The van der Waals surface area contributed by atoms with E-state index in [1.807, 2.05) is 0 Å². The van der Waals surface area contributed by atoms with Gasteiger partial charge in [0, 0.05) is 61.6 Å². The van der Waals surface area contributed by atoms with Crippen LogP contribution in [0, 0.1) is 6.92 Å². The van der Waals surface area contributed by atoms with Crippen LogP contribution >= 0.6 is 0 Å². The third kappa shape index (κ3) is 3.15. The van der Waals surface area contributed by atoms with E-state index >= 15 is 0 Å². The lowest BCUT2D eigenvalue weighted by molar-refractivity contribution is -0.660. The third-order valence-electron chi connectivity index (χ3n) is 10.9. The van der Waals surface area contributed by atoms with Gasteiger partial charge in [0.25, 0.3) is 6.71 Å². The molecule has 0 radical (unpaired) electrons. The Labute approximate surface area is 272 Å². The number of hydrogen-bond donors (Lipinski definition) is 0. The van der Waals surface area contributed by atoms with Gasteiger partial charge in [0.1, 0.15) is 7.05 Å². The molecule has 3 nitrogen and oxygen atoms in total. The average molecular weight is 599 g/mol. The fourth-order valence-corrected chi connectivity index (χ4v) is 8.87. The number of pyridine rings is 1. The third-order valence-corrected chi connectivity index (χ3v) is 10.9. The van der Waals surface area contributed by atoms with Crippen molar-refractivity contribution in [1.82, 2.24) is 9.13 Å². The second-order valence-electron chi connectivity index (χ2n) is 13.3. The van der Waals surface area contributed by atoms with E-state index in [0.29, 0.717) is 0 Å². The van der Waals surface area contributed by atoms with Crippen molar-refractivity contribution < 1.29 is 4.57 Å².